The smallest absolute Gasteiger partial charge is 0.295 e. The molecule has 0 aliphatic carbocycles. The summed E-state index contributed by atoms with van der Waals surface area (Å²) in [5.41, 5.74) is 7.68. The van der Waals surface area contributed by atoms with E-state index in [0.29, 0.717) is 34.8 Å². The molecule has 18 nitrogen and oxygen atoms in total. The zero-order valence-electron chi connectivity index (χ0n) is 24.0. The molecular formula is C26H20ClN9O9S3. The molecule has 0 saturated heterocycles. The third-order valence-corrected chi connectivity index (χ3v) is 9.08. The Bertz CT molecular complexity index is 2480. The fourth-order valence-electron chi connectivity index (χ4n) is 4.19. The number of nitrogen functional groups attached to an aromatic ring is 1. The monoisotopic (exact) mass is 733 g/mol. The summed E-state index contributed by atoms with van der Waals surface area (Å²) in [5, 5.41) is 18.1. The van der Waals surface area contributed by atoms with Crippen molar-refractivity contribution < 1.29 is 38.9 Å². The molecule has 248 valence electrons. The maximum absolute atomic E-state index is 12.2. The maximum Gasteiger partial charge on any atom is 0.295 e. The van der Waals surface area contributed by atoms with Crippen LogP contribution < -0.4 is 11.1 Å². The van der Waals surface area contributed by atoms with Gasteiger partial charge in [0.25, 0.3) is 30.4 Å². The number of aromatic nitrogens is 3. The number of nitrogens with one attached hydrogen (secondary N) is 1. The Hall–Kier alpha value is -5.03. The number of nitrogens with two attached hydrogens (primary N) is 1. The molecule has 0 aliphatic heterocycles. The van der Waals surface area contributed by atoms with Gasteiger partial charge in [0.1, 0.15) is 9.79 Å². The van der Waals surface area contributed by atoms with Gasteiger partial charge in [-0.05, 0) is 90.8 Å². The largest absolute Gasteiger partial charge is 0.368 e. The molecule has 0 atom stereocenters. The molecular weight excluding hydrogens is 714 g/mol. The van der Waals surface area contributed by atoms with Crippen LogP contribution in [0, 0.1) is 6.92 Å². The molecule has 1 aromatic heterocycles. The van der Waals surface area contributed by atoms with Gasteiger partial charge in [0.05, 0.1) is 27.6 Å². The molecule has 0 amide bonds. The van der Waals surface area contributed by atoms with Crippen LogP contribution in [0.3, 0.4) is 0 Å². The minimum atomic E-state index is -5.18. The molecule has 0 aliphatic rings. The van der Waals surface area contributed by atoms with Crippen molar-refractivity contribution in [3.05, 3.63) is 77.6 Å². The third kappa shape index (κ3) is 8.09. The fraction of sp³-hybridized carbons (Fsp3) is 0.0385. The number of halogens is 1. The molecule has 5 rings (SSSR count). The molecule has 0 unspecified atom stereocenters. The van der Waals surface area contributed by atoms with Gasteiger partial charge >= 0.3 is 0 Å². The lowest BCUT2D eigenvalue weighted by Gasteiger charge is -2.11. The van der Waals surface area contributed by atoms with Crippen molar-refractivity contribution in [1.29, 1.82) is 0 Å². The highest BCUT2D eigenvalue weighted by Crippen LogP contribution is 2.36. The van der Waals surface area contributed by atoms with Crippen LogP contribution in [0.2, 0.25) is 5.28 Å². The van der Waals surface area contributed by atoms with E-state index in [1.54, 1.807) is 43.3 Å². The molecule has 5 aromatic rings. The lowest BCUT2D eigenvalue weighted by atomic mass is 10.1. The van der Waals surface area contributed by atoms with Gasteiger partial charge < -0.3 is 11.1 Å². The quantitative estimate of drug-likeness (QED) is 0.0873. The Labute approximate surface area is 276 Å². The highest BCUT2D eigenvalue weighted by Gasteiger charge is 2.25. The van der Waals surface area contributed by atoms with E-state index < -0.39 is 55.8 Å². The Balaban J connectivity index is 1.41. The summed E-state index contributed by atoms with van der Waals surface area (Å²) >= 11 is 5.78. The second kappa shape index (κ2) is 12.9. The molecule has 6 N–H and O–H groups in total. The van der Waals surface area contributed by atoms with Crippen molar-refractivity contribution in [3.8, 4) is 0 Å². The number of rotatable bonds is 9. The summed E-state index contributed by atoms with van der Waals surface area (Å²) in [4.78, 5) is 8.48. The highest BCUT2D eigenvalue weighted by molar-refractivity contribution is 7.87. The second-order valence-corrected chi connectivity index (χ2v) is 14.3. The Kier molecular flexibility index (Phi) is 9.20. The van der Waals surface area contributed by atoms with Crippen LogP contribution in [0.15, 0.2) is 102 Å². The Morgan fingerprint density at radius 1 is 0.667 bits per heavy atom. The minimum Gasteiger partial charge on any atom is -0.368 e. The summed E-state index contributed by atoms with van der Waals surface area (Å²) in [6.45, 7) is 1.67. The minimum absolute atomic E-state index is 0.0425. The van der Waals surface area contributed by atoms with E-state index in [1.165, 1.54) is 6.07 Å². The van der Waals surface area contributed by atoms with Crippen molar-refractivity contribution in [2.45, 2.75) is 21.6 Å². The van der Waals surface area contributed by atoms with Crippen molar-refractivity contribution in [1.82, 2.24) is 15.0 Å². The summed E-state index contributed by atoms with van der Waals surface area (Å²) in [6, 6.07) is 14.3. The van der Waals surface area contributed by atoms with Crippen LogP contribution in [0.25, 0.3) is 10.8 Å². The van der Waals surface area contributed by atoms with Gasteiger partial charge in [-0.3, -0.25) is 13.7 Å². The van der Waals surface area contributed by atoms with Gasteiger partial charge in [0.15, 0.2) is 0 Å². The first-order valence-corrected chi connectivity index (χ1v) is 17.6. The number of hydrogen-bond donors (Lipinski definition) is 5. The highest BCUT2D eigenvalue weighted by atomic mass is 35.5. The van der Waals surface area contributed by atoms with Crippen LogP contribution in [0.5, 0.6) is 0 Å². The molecule has 0 saturated carbocycles. The number of benzene rings is 4. The molecule has 0 bridgehead atoms. The molecule has 0 fully saturated rings. The van der Waals surface area contributed by atoms with Crippen molar-refractivity contribution >= 4 is 93.1 Å². The summed E-state index contributed by atoms with van der Waals surface area (Å²) in [6.07, 6.45) is 0. The fourth-order valence-corrected chi connectivity index (χ4v) is 6.41. The Morgan fingerprint density at radius 2 is 1.25 bits per heavy atom. The molecule has 0 radical (unpaired) electrons. The van der Waals surface area contributed by atoms with Crippen LogP contribution in [-0.2, 0) is 30.4 Å². The van der Waals surface area contributed by atoms with Crippen molar-refractivity contribution in [2.75, 3.05) is 11.1 Å². The lowest BCUT2D eigenvalue weighted by Crippen LogP contribution is -2.07. The molecule has 48 heavy (non-hydrogen) atoms. The molecule has 4 aromatic carbocycles. The standard InChI is InChI=1S/C26H20ClN9O9S3/c1-13-8-16(34-33-15-4-2-14(3-5-15)29-26-31-24(27)30-25(28)32-26)6-7-21(13)36-35-17-9-19-20(22(10-17)47(40,41)42)11-18(46(37,38)39)12-23(19)48(43,44)45/h2-12H,1H3,(H,37,38,39)(H,40,41,42)(H,43,44,45)(H3,28,29,30,31,32). The van der Waals surface area contributed by atoms with Gasteiger partial charge in [-0.25, -0.2) is 0 Å². The van der Waals surface area contributed by atoms with E-state index in [9.17, 15) is 38.9 Å². The zero-order chi connectivity index (χ0) is 35.0. The van der Waals surface area contributed by atoms with Crippen LogP contribution >= 0.6 is 11.6 Å². The van der Waals surface area contributed by atoms with Gasteiger partial charge in [-0.2, -0.15) is 60.7 Å². The molecule has 0 spiro atoms. The predicted octanol–water partition coefficient (Wildman–Crippen LogP) is 5.88. The van der Waals surface area contributed by atoms with Crippen molar-refractivity contribution in [2.24, 2.45) is 20.5 Å². The van der Waals surface area contributed by atoms with E-state index in [0.717, 1.165) is 12.1 Å². The molecule has 1 heterocycles. The van der Waals surface area contributed by atoms with Gasteiger partial charge in [-0.15, -0.1) is 0 Å². The summed E-state index contributed by atoms with van der Waals surface area (Å²) < 4.78 is 101. The number of aryl methyl sites for hydroxylation is 1. The zero-order valence-corrected chi connectivity index (χ0v) is 27.2. The van der Waals surface area contributed by atoms with Gasteiger partial charge in [0, 0.05) is 16.5 Å². The van der Waals surface area contributed by atoms with E-state index >= 15 is 0 Å². The first kappa shape index (κ1) is 34.3. The number of azo groups is 2. The topological polar surface area (TPSA) is 289 Å². The van der Waals surface area contributed by atoms with Crippen LogP contribution in [0.4, 0.5) is 40.3 Å². The number of anilines is 3. The number of fused-ring (bicyclic) bond motifs is 1. The van der Waals surface area contributed by atoms with Crippen LogP contribution in [-0.4, -0.2) is 53.9 Å². The predicted molar refractivity (Wildman–Crippen MR) is 172 cm³/mol. The first-order valence-electron chi connectivity index (χ1n) is 12.9. The average molecular weight is 734 g/mol. The number of nitrogens with zero attached hydrogens (tertiary/aromatic N) is 7. The van der Waals surface area contributed by atoms with Crippen molar-refractivity contribution in [3.63, 3.8) is 0 Å². The normalized spacial score (nSPS) is 12.7. The maximum atomic E-state index is 12.2. The van der Waals surface area contributed by atoms with Gasteiger partial charge in [0.2, 0.25) is 17.2 Å². The first-order chi connectivity index (χ1) is 22.4. The third-order valence-electron chi connectivity index (χ3n) is 6.29. The summed E-state index contributed by atoms with van der Waals surface area (Å²) in [7, 11) is -15.4. The van der Waals surface area contributed by atoms with E-state index in [2.05, 4.69) is 40.7 Å². The van der Waals surface area contributed by atoms with E-state index in [1.807, 2.05) is 0 Å². The Morgan fingerprint density at radius 3 is 1.85 bits per heavy atom. The average Bonchev–Trinajstić information content (AvgIpc) is 2.97. The van der Waals surface area contributed by atoms with Crippen LogP contribution in [0.1, 0.15) is 5.56 Å². The second-order valence-electron chi connectivity index (χ2n) is 9.71. The molecule has 22 heteroatoms. The number of hydrogen-bond acceptors (Lipinski definition) is 15. The summed E-state index contributed by atoms with van der Waals surface area (Å²) in [5.74, 6) is 0.116. The van der Waals surface area contributed by atoms with E-state index in [-0.39, 0.29) is 28.6 Å². The van der Waals surface area contributed by atoms with Gasteiger partial charge in [-0.1, -0.05) is 0 Å². The van der Waals surface area contributed by atoms with E-state index in [4.69, 9.17) is 17.3 Å². The lowest BCUT2D eigenvalue weighted by molar-refractivity contribution is 0.478. The SMILES string of the molecule is Cc1cc(N=Nc2ccc(Nc3nc(N)nc(Cl)n3)cc2)ccc1N=Nc1cc(S(=O)(=O)O)c2cc(S(=O)(=O)O)cc(S(=O)(=O)O)c2c1.